The molecule has 2 heterocycles. The van der Waals surface area contributed by atoms with Crippen LogP contribution in [0.15, 0.2) is 36.4 Å². The van der Waals surface area contributed by atoms with E-state index in [0.29, 0.717) is 17.1 Å². The van der Waals surface area contributed by atoms with Crippen LogP contribution in [0.25, 0.3) is 11.3 Å². The normalized spacial score (nSPS) is 10.4. The molecule has 0 aliphatic rings. The number of H-pyrrole nitrogens is 1. The summed E-state index contributed by atoms with van der Waals surface area (Å²) in [5.74, 6) is 0.0394. The summed E-state index contributed by atoms with van der Waals surface area (Å²) in [7, 11) is 0. The molecular formula is C16H18N7NaO. The molecule has 0 spiro atoms. The molecule has 3 aromatic rings. The van der Waals surface area contributed by atoms with E-state index in [2.05, 4.69) is 44.8 Å². The number of nitrogen functional groups attached to an aromatic ring is 1. The minimum atomic E-state index is -0.382. The van der Waals surface area contributed by atoms with Crippen LogP contribution in [-0.4, -0.2) is 61.1 Å². The average molecular weight is 347 g/mol. The summed E-state index contributed by atoms with van der Waals surface area (Å²) in [6.07, 6.45) is 0. The van der Waals surface area contributed by atoms with Crippen LogP contribution in [0.1, 0.15) is 35.8 Å². The summed E-state index contributed by atoms with van der Waals surface area (Å²) < 4.78 is 0. The number of nitrogens with zero attached hydrogens (tertiary/aromatic N) is 4. The van der Waals surface area contributed by atoms with Crippen LogP contribution in [0.4, 0.5) is 11.6 Å². The summed E-state index contributed by atoms with van der Waals surface area (Å²) in [5, 5.41) is 15.5. The van der Waals surface area contributed by atoms with Gasteiger partial charge in [0.1, 0.15) is 5.69 Å². The zero-order valence-corrected chi connectivity index (χ0v) is 13.3. The van der Waals surface area contributed by atoms with E-state index in [1.165, 1.54) is 0 Å². The average Bonchev–Trinajstić information content (AvgIpc) is 3.08. The molecule has 0 unspecified atom stereocenters. The molecule has 1 aromatic carbocycles. The molecule has 0 aliphatic carbocycles. The van der Waals surface area contributed by atoms with Gasteiger partial charge in [0, 0.05) is 11.3 Å². The maximum absolute atomic E-state index is 12.4. The van der Waals surface area contributed by atoms with Crippen molar-refractivity contribution >= 4 is 47.1 Å². The molecule has 1 amide bonds. The van der Waals surface area contributed by atoms with Gasteiger partial charge in [0.25, 0.3) is 5.91 Å². The Labute approximate surface area is 166 Å². The van der Waals surface area contributed by atoms with Crippen LogP contribution in [0.3, 0.4) is 0 Å². The number of carbonyl (C=O) groups is 1. The van der Waals surface area contributed by atoms with Gasteiger partial charge in [-0.3, -0.25) is 10.1 Å². The summed E-state index contributed by atoms with van der Waals surface area (Å²) in [5.41, 5.74) is 9.31. The molecule has 0 radical (unpaired) electrons. The second-order valence-electron chi connectivity index (χ2n) is 5.65. The number of aromatic nitrogens is 5. The van der Waals surface area contributed by atoms with E-state index in [1.807, 2.05) is 18.2 Å². The third kappa shape index (κ3) is 4.62. The number of anilines is 2. The molecule has 0 bridgehead atoms. The molecule has 0 saturated carbocycles. The number of nitrogens with one attached hydrogen (secondary N) is 2. The van der Waals surface area contributed by atoms with E-state index in [4.69, 9.17) is 5.73 Å². The number of aromatic amines is 1. The van der Waals surface area contributed by atoms with Gasteiger partial charge in [-0.25, -0.2) is 10.1 Å². The number of hydrogen-bond acceptors (Lipinski definition) is 6. The molecule has 0 aliphatic heterocycles. The van der Waals surface area contributed by atoms with Crippen molar-refractivity contribution < 1.29 is 4.79 Å². The van der Waals surface area contributed by atoms with E-state index in [-0.39, 0.29) is 47.3 Å². The van der Waals surface area contributed by atoms with Gasteiger partial charge in [0.2, 0.25) is 5.95 Å². The van der Waals surface area contributed by atoms with Gasteiger partial charge in [-0.2, -0.15) is 0 Å². The predicted octanol–water partition coefficient (Wildman–Crippen LogP) is 1.57. The van der Waals surface area contributed by atoms with Crippen molar-refractivity contribution in [2.75, 3.05) is 11.1 Å². The Morgan fingerprint density at radius 3 is 2.52 bits per heavy atom. The fourth-order valence-corrected chi connectivity index (χ4v) is 2.19. The monoisotopic (exact) mass is 347 g/mol. The molecule has 0 fully saturated rings. The second-order valence-corrected chi connectivity index (χ2v) is 5.65. The summed E-state index contributed by atoms with van der Waals surface area (Å²) >= 11 is 0. The zero-order valence-electron chi connectivity index (χ0n) is 13.3. The van der Waals surface area contributed by atoms with E-state index in [0.717, 1.165) is 11.1 Å². The first-order valence-corrected chi connectivity index (χ1v) is 7.46. The fraction of sp³-hybridized carbons (Fsp3) is 0.188. The first kappa shape index (κ1) is 19.0. The van der Waals surface area contributed by atoms with Crippen LogP contribution in [0, 0.1) is 0 Å². The first-order chi connectivity index (χ1) is 11.5. The minimum absolute atomic E-state index is 0. The number of pyridine rings is 1. The summed E-state index contributed by atoms with van der Waals surface area (Å²) in [6, 6.07) is 11.1. The van der Waals surface area contributed by atoms with Crippen molar-refractivity contribution in [2.24, 2.45) is 0 Å². The van der Waals surface area contributed by atoms with Crippen LogP contribution in [-0.2, 0) is 0 Å². The topological polar surface area (TPSA) is 122 Å². The Hall–Kier alpha value is -2.29. The zero-order chi connectivity index (χ0) is 17.1. The number of carbonyl (C=O) groups excluding carboxylic acids is 1. The van der Waals surface area contributed by atoms with Crippen LogP contribution >= 0.6 is 0 Å². The summed E-state index contributed by atoms with van der Waals surface area (Å²) in [4.78, 5) is 16.9. The Bertz CT molecular complexity index is 847. The molecule has 0 saturated heterocycles. The van der Waals surface area contributed by atoms with Crippen molar-refractivity contribution in [3.63, 3.8) is 0 Å². The van der Waals surface area contributed by atoms with Crippen LogP contribution in [0.2, 0.25) is 0 Å². The van der Waals surface area contributed by atoms with Crippen molar-refractivity contribution in [3.8, 4) is 11.3 Å². The van der Waals surface area contributed by atoms with Gasteiger partial charge < -0.3 is 5.73 Å². The molecule has 25 heavy (non-hydrogen) atoms. The second kappa shape index (κ2) is 8.19. The molecule has 8 nitrogen and oxygen atoms in total. The van der Waals surface area contributed by atoms with Gasteiger partial charge >= 0.3 is 29.6 Å². The molecule has 3 rings (SSSR count). The Balaban J connectivity index is 0.00000225. The molecular weight excluding hydrogens is 329 g/mol. The number of benzene rings is 1. The van der Waals surface area contributed by atoms with E-state index >= 15 is 0 Å². The van der Waals surface area contributed by atoms with Gasteiger partial charge in [-0.1, -0.05) is 31.1 Å². The number of nitrogens with two attached hydrogens (primary N) is 1. The molecule has 9 heteroatoms. The van der Waals surface area contributed by atoms with Gasteiger partial charge in [-0.15, -0.1) is 0 Å². The van der Waals surface area contributed by atoms with Gasteiger partial charge in [0.05, 0.1) is 5.69 Å². The number of hydrogen-bond donors (Lipinski definition) is 3. The quantitative estimate of drug-likeness (QED) is 0.486. The molecule has 0 atom stereocenters. The molecule has 124 valence electrons. The predicted molar refractivity (Wildman–Crippen MR) is 97.5 cm³/mol. The van der Waals surface area contributed by atoms with E-state index in [9.17, 15) is 4.79 Å². The first-order valence-electron chi connectivity index (χ1n) is 7.46. The summed E-state index contributed by atoms with van der Waals surface area (Å²) in [6.45, 7) is 4.12. The van der Waals surface area contributed by atoms with Crippen molar-refractivity contribution in [3.05, 3.63) is 47.7 Å². The number of rotatable bonds is 4. The van der Waals surface area contributed by atoms with Crippen LogP contribution in [0.5, 0.6) is 0 Å². The Kier molecular flexibility index (Phi) is 6.24. The maximum atomic E-state index is 12.4. The van der Waals surface area contributed by atoms with Crippen molar-refractivity contribution in [2.45, 2.75) is 19.8 Å². The van der Waals surface area contributed by atoms with Gasteiger partial charge in [0.15, 0.2) is 0 Å². The van der Waals surface area contributed by atoms with E-state index in [1.54, 1.807) is 18.2 Å². The standard InChI is InChI=1S/C16H17N7O.Na.H/c1-9(2)11-7-13(10-3-5-12(17)6-4-10)18-14(8-11)15(24)19-16-20-22-23-21-16;;/h3-9H,17H2,1-2H3,(H2,19,20,21,22,23,24);;. The van der Waals surface area contributed by atoms with Crippen molar-refractivity contribution in [1.82, 2.24) is 25.6 Å². The SMILES string of the molecule is CC(C)c1cc(C(=O)Nc2nnn[nH]2)nc(-c2ccc(N)cc2)c1.[NaH]. The van der Waals surface area contributed by atoms with Gasteiger partial charge in [-0.05, 0) is 46.2 Å². The Morgan fingerprint density at radius 2 is 1.92 bits per heavy atom. The Morgan fingerprint density at radius 1 is 1.20 bits per heavy atom. The number of tetrazole rings is 1. The molecule has 2 aromatic heterocycles. The fourth-order valence-electron chi connectivity index (χ4n) is 2.19. The van der Waals surface area contributed by atoms with E-state index < -0.39 is 0 Å². The third-order valence-corrected chi connectivity index (χ3v) is 3.53. The third-order valence-electron chi connectivity index (χ3n) is 3.53. The molecule has 4 N–H and O–H groups in total. The van der Waals surface area contributed by atoms with Crippen LogP contribution < -0.4 is 11.1 Å². The van der Waals surface area contributed by atoms with Crippen molar-refractivity contribution in [1.29, 1.82) is 0 Å². The number of amides is 1.